The van der Waals surface area contributed by atoms with E-state index in [0.717, 1.165) is 23.2 Å². The van der Waals surface area contributed by atoms with E-state index in [1.807, 2.05) is 20.8 Å². The van der Waals surface area contributed by atoms with Crippen LogP contribution in [0.1, 0.15) is 56.2 Å². The lowest BCUT2D eigenvalue weighted by molar-refractivity contribution is 0.201. The SMILES string of the molecule is CCCCC(C)CCN(C(=O)O)c1c(C)cc(C)cc1C. The molecule has 3 heteroatoms. The van der Waals surface area contributed by atoms with Gasteiger partial charge in [0.05, 0.1) is 5.69 Å². The molecule has 118 valence electrons. The van der Waals surface area contributed by atoms with E-state index in [2.05, 4.69) is 26.0 Å². The monoisotopic (exact) mass is 291 g/mol. The van der Waals surface area contributed by atoms with Crippen LogP contribution in [0.25, 0.3) is 0 Å². The van der Waals surface area contributed by atoms with Crippen LogP contribution >= 0.6 is 0 Å². The third-order valence-corrected chi connectivity index (χ3v) is 4.03. The minimum absolute atomic E-state index is 0.567. The third kappa shape index (κ3) is 5.07. The predicted molar refractivity (Wildman–Crippen MR) is 89.3 cm³/mol. The van der Waals surface area contributed by atoms with Gasteiger partial charge >= 0.3 is 6.09 Å². The van der Waals surface area contributed by atoms with Crippen molar-refractivity contribution in [1.82, 2.24) is 0 Å². The van der Waals surface area contributed by atoms with Crippen LogP contribution in [0.15, 0.2) is 12.1 Å². The molecule has 0 spiro atoms. The second kappa shape index (κ2) is 8.06. The number of carboxylic acid groups (broad SMARTS) is 1. The van der Waals surface area contributed by atoms with Gasteiger partial charge in [-0.1, -0.05) is 50.8 Å². The molecule has 0 radical (unpaired) electrons. The number of unbranched alkanes of at least 4 members (excludes halogenated alkanes) is 1. The van der Waals surface area contributed by atoms with E-state index in [1.54, 1.807) is 0 Å². The molecule has 1 rings (SSSR count). The van der Waals surface area contributed by atoms with Gasteiger partial charge in [-0.2, -0.15) is 0 Å². The van der Waals surface area contributed by atoms with Crippen molar-refractivity contribution in [2.24, 2.45) is 5.92 Å². The van der Waals surface area contributed by atoms with Crippen LogP contribution in [-0.2, 0) is 0 Å². The Labute approximate surface area is 129 Å². The maximum atomic E-state index is 11.6. The Balaban J connectivity index is 2.86. The number of rotatable bonds is 7. The molecule has 0 aliphatic carbocycles. The Bertz CT molecular complexity index is 459. The summed E-state index contributed by atoms with van der Waals surface area (Å²) < 4.78 is 0. The summed E-state index contributed by atoms with van der Waals surface area (Å²) in [6, 6.07) is 4.11. The Morgan fingerprint density at radius 3 is 2.24 bits per heavy atom. The smallest absolute Gasteiger partial charge is 0.411 e. The van der Waals surface area contributed by atoms with Crippen LogP contribution in [0.5, 0.6) is 0 Å². The summed E-state index contributed by atoms with van der Waals surface area (Å²) in [5, 5.41) is 9.56. The standard InChI is InChI=1S/C18H29NO2/c1-6-7-8-13(2)9-10-19(18(20)21)17-15(4)11-14(3)12-16(17)5/h11-13H,6-10H2,1-5H3,(H,20,21). The van der Waals surface area contributed by atoms with Crippen molar-refractivity contribution in [2.45, 2.75) is 60.3 Å². The van der Waals surface area contributed by atoms with Gasteiger partial charge in [0.1, 0.15) is 0 Å². The van der Waals surface area contributed by atoms with E-state index >= 15 is 0 Å². The molecule has 1 aromatic carbocycles. The first-order valence-electron chi connectivity index (χ1n) is 7.95. The molecule has 0 aliphatic rings. The Morgan fingerprint density at radius 2 is 1.76 bits per heavy atom. The molecule has 0 bridgehead atoms. The summed E-state index contributed by atoms with van der Waals surface area (Å²) in [4.78, 5) is 13.2. The molecule has 1 atom stereocenters. The Hall–Kier alpha value is -1.51. The molecule has 0 aromatic heterocycles. The van der Waals surface area contributed by atoms with Gasteiger partial charge < -0.3 is 5.11 Å². The number of hydrogen-bond donors (Lipinski definition) is 1. The lowest BCUT2D eigenvalue weighted by Gasteiger charge is -2.25. The number of aryl methyl sites for hydroxylation is 3. The lowest BCUT2D eigenvalue weighted by atomic mass is 9.99. The number of amides is 1. The predicted octanol–water partition coefficient (Wildman–Crippen LogP) is 5.31. The number of nitrogens with zero attached hydrogens (tertiary/aromatic N) is 1. The summed E-state index contributed by atoms with van der Waals surface area (Å²) >= 11 is 0. The molecular weight excluding hydrogens is 262 g/mol. The zero-order chi connectivity index (χ0) is 16.0. The van der Waals surface area contributed by atoms with Gasteiger partial charge in [-0.05, 0) is 44.2 Å². The van der Waals surface area contributed by atoms with Crippen molar-refractivity contribution >= 4 is 11.8 Å². The molecule has 0 saturated heterocycles. The average Bonchev–Trinajstić information content (AvgIpc) is 2.38. The third-order valence-electron chi connectivity index (χ3n) is 4.03. The molecule has 3 nitrogen and oxygen atoms in total. The van der Waals surface area contributed by atoms with Crippen LogP contribution in [-0.4, -0.2) is 17.7 Å². The summed E-state index contributed by atoms with van der Waals surface area (Å²) in [5.41, 5.74) is 4.11. The molecule has 1 aromatic rings. The van der Waals surface area contributed by atoms with Gasteiger partial charge in [0.2, 0.25) is 0 Å². The van der Waals surface area contributed by atoms with E-state index in [4.69, 9.17) is 0 Å². The van der Waals surface area contributed by atoms with Gasteiger partial charge in [-0.15, -0.1) is 0 Å². The van der Waals surface area contributed by atoms with Crippen LogP contribution in [0.2, 0.25) is 0 Å². The van der Waals surface area contributed by atoms with Crippen molar-refractivity contribution in [2.75, 3.05) is 11.4 Å². The van der Waals surface area contributed by atoms with E-state index in [9.17, 15) is 9.90 Å². The van der Waals surface area contributed by atoms with Gasteiger partial charge in [0.15, 0.2) is 0 Å². The fourth-order valence-electron chi connectivity index (χ4n) is 2.95. The summed E-state index contributed by atoms with van der Waals surface area (Å²) in [7, 11) is 0. The maximum absolute atomic E-state index is 11.6. The number of anilines is 1. The first-order chi connectivity index (χ1) is 9.86. The van der Waals surface area contributed by atoms with Crippen molar-refractivity contribution in [3.05, 3.63) is 28.8 Å². The summed E-state index contributed by atoms with van der Waals surface area (Å²) in [5.74, 6) is 0.567. The van der Waals surface area contributed by atoms with E-state index in [-0.39, 0.29) is 0 Å². The number of hydrogen-bond acceptors (Lipinski definition) is 1. The number of carbonyl (C=O) groups is 1. The molecular formula is C18H29NO2. The highest BCUT2D eigenvalue weighted by Gasteiger charge is 2.19. The fraction of sp³-hybridized carbons (Fsp3) is 0.611. The van der Waals surface area contributed by atoms with E-state index in [0.29, 0.717) is 12.5 Å². The Morgan fingerprint density at radius 1 is 1.19 bits per heavy atom. The van der Waals surface area contributed by atoms with Crippen LogP contribution in [0.4, 0.5) is 10.5 Å². The number of benzene rings is 1. The quantitative estimate of drug-likeness (QED) is 0.739. The van der Waals surface area contributed by atoms with Gasteiger partial charge in [-0.3, -0.25) is 4.90 Å². The minimum Gasteiger partial charge on any atom is -0.465 e. The first kappa shape index (κ1) is 17.5. The minimum atomic E-state index is -0.854. The average molecular weight is 291 g/mol. The fourth-order valence-corrected chi connectivity index (χ4v) is 2.95. The van der Waals surface area contributed by atoms with Crippen molar-refractivity contribution in [3.63, 3.8) is 0 Å². The van der Waals surface area contributed by atoms with Gasteiger partial charge in [-0.25, -0.2) is 4.79 Å². The molecule has 1 N–H and O–H groups in total. The van der Waals surface area contributed by atoms with E-state index in [1.165, 1.54) is 29.7 Å². The van der Waals surface area contributed by atoms with Gasteiger partial charge in [0, 0.05) is 6.54 Å². The lowest BCUT2D eigenvalue weighted by Crippen LogP contribution is -2.32. The second-order valence-corrected chi connectivity index (χ2v) is 6.22. The van der Waals surface area contributed by atoms with Crippen molar-refractivity contribution in [3.8, 4) is 0 Å². The molecule has 0 heterocycles. The molecule has 0 saturated carbocycles. The zero-order valence-corrected chi connectivity index (χ0v) is 14.1. The van der Waals surface area contributed by atoms with Gasteiger partial charge in [0.25, 0.3) is 0 Å². The molecule has 1 unspecified atom stereocenters. The molecule has 0 fully saturated rings. The van der Waals surface area contributed by atoms with Crippen LogP contribution in [0, 0.1) is 26.7 Å². The largest absolute Gasteiger partial charge is 0.465 e. The van der Waals surface area contributed by atoms with Crippen LogP contribution < -0.4 is 4.90 Å². The summed E-state index contributed by atoms with van der Waals surface area (Å²) in [6.07, 6.45) is 3.65. The first-order valence-corrected chi connectivity index (χ1v) is 7.95. The topological polar surface area (TPSA) is 40.5 Å². The Kier molecular flexibility index (Phi) is 6.73. The maximum Gasteiger partial charge on any atom is 0.411 e. The highest BCUT2D eigenvalue weighted by Crippen LogP contribution is 2.27. The highest BCUT2D eigenvalue weighted by atomic mass is 16.4. The molecule has 21 heavy (non-hydrogen) atoms. The second-order valence-electron chi connectivity index (χ2n) is 6.22. The normalized spacial score (nSPS) is 12.2. The van der Waals surface area contributed by atoms with E-state index < -0.39 is 6.09 Å². The van der Waals surface area contributed by atoms with Crippen molar-refractivity contribution < 1.29 is 9.90 Å². The molecule has 1 amide bonds. The van der Waals surface area contributed by atoms with Crippen LogP contribution in [0.3, 0.4) is 0 Å². The van der Waals surface area contributed by atoms with Crippen molar-refractivity contribution in [1.29, 1.82) is 0 Å². The zero-order valence-electron chi connectivity index (χ0n) is 14.1. The highest BCUT2D eigenvalue weighted by molar-refractivity contribution is 5.88. The molecule has 0 aliphatic heterocycles. The summed E-state index contributed by atoms with van der Waals surface area (Å²) in [6.45, 7) is 11.0.